The molecule has 1 aliphatic rings. The first kappa shape index (κ1) is 17.5. The zero-order chi connectivity index (χ0) is 17.0. The smallest absolute Gasteiger partial charge is 0.263 e. The first-order valence-electron chi connectivity index (χ1n) is 7.27. The summed E-state index contributed by atoms with van der Waals surface area (Å²) in [7, 11) is 3.32. The molecule has 1 aliphatic carbocycles. The van der Waals surface area contributed by atoms with Gasteiger partial charge in [0.1, 0.15) is 0 Å². The maximum atomic E-state index is 11.4. The number of halogens is 1. The van der Waals surface area contributed by atoms with E-state index in [0.29, 0.717) is 9.75 Å². The highest BCUT2D eigenvalue weighted by Crippen LogP contribution is 2.24. The minimum absolute atomic E-state index is 0.113. The number of nitrogens with zero attached hydrogens (tertiary/aromatic N) is 1. The fourth-order valence-electron chi connectivity index (χ4n) is 2.35. The molecule has 3 rings (SSSR count). The third-order valence-corrected chi connectivity index (χ3v) is 4.85. The normalized spacial score (nSPS) is 12.1. The van der Waals surface area contributed by atoms with Gasteiger partial charge < -0.3 is 10.6 Å². The molecule has 0 saturated heterocycles. The maximum Gasteiger partial charge on any atom is 0.263 e. The summed E-state index contributed by atoms with van der Waals surface area (Å²) in [4.78, 5) is 24.5. The summed E-state index contributed by atoms with van der Waals surface area (Å²) in [5, 5.41) is 0.876. The third kappa shape index (κ3) is 4.56. The van der Waals surface area contributed by atoms with Crippen LogP contribution in [0, 0.1) is 0 Å². The largest absolute Gasteiger partial charge is 0.365 e. The summed E-state index contributed by atoms with van der Waals surface area (Å²) in [6.07, 6.45) is 3.76. The number of hydrogen-bond donors (Lipinski definition) is 1. The lowest BCUT2D eigenvalue weighted by molar-refractivity contribution is 0.0832. The summed E-state index contributed by atoms with van der Waals surface area (Å²) in [6.45, 7) is 0. The van der Waals surface area contributed by atoms with E-state index in [1.54, 1.807) is 26.2 Å². The molecule has 2 N–H and O–H groups in total. The molecule has 0 unspecified atom stereocenters. The summed E-state index contributed by atoms with van der Waals surface area (Å²) in [6, 6.07) is 9.37. The second kappa shape index (κ2) is 7.62. The van der Waals surface area contributed by atoms with E-state index in [9.17, 15) is 9.59 Å². The van der Waals surface area contributed by atoms with Crippen molar-refractivity contribution in [2.24, 2.45) is 5.73 Å². The summed E-state index contributed by atoms with van der Waals surface area (Å²) in [5.74, 6) is -0.611. The van der Waals surface area contributed by atoms with Gasteiger partial charge in [0.25, 0.3) is 11.8 Å². The standard InChI is InChI=1S/C9H9Cl.C8H10N2O2S/c10-9-5-4-7-2-1-3-8(7)6-9;1-10(2)8(12)6-4-3-5(13-6)7(9)11/h4-6H,1-3H2;3-4H,1-2H3,(H2,9,11). The molecule has 2 aromatic rings. The van der Waals surface area contributed by atoms with Gasteiger partial charge in [-0.25, -0.2) is 0 Å². The van der Waals surface area contributed by atoms with E-state index in [1.807, 2.05) is 6.07 Å². The van der Waals surface area contributed by atoms with Gasteiger partial charge in [0.15, 0.2) is 0 Å². The van der Waals surface area contributed by atoms with E-state index in [4.69, 9.17) is 17.3 Å². The number of aryl methyl sites for hydroxylation is 2. The fourth-order valence-corrected chi connectivity index (χ4v) is 3.42. The van der Waals surface area contributed by atoms with Crippen LogP contribution < -0.4 is 5.73 Å². The van der Waals surface area contributed by atoms with Gasteiger partial charge in [-0.05, 0) is 54.7 Å². The quantitative estimate of drug-likeness (QED) is 0.902. The van der Waals surface area contributed by atoms with E-state index in [2.05, 4.69) is 12.1 Å². The average molecular weight is 351 g/mol. The van der Waals surface area contributed by atoms with E-state index in [1.165, 1.54) is 35.3 Å². The second-order valence-electron chi connectivity index (χ2n) is 5.49. The average Bonchev–Trinajstić information content (AvgIpc) is 3.15. The predicted octanol–water partition coefficient (Wildman–Crippen LogP) is 3.38. The minimum Gasteiger partial charge on any atom is -0.365 e. The Hall–Kier alpha value is -1.85. The third-order valence-electron chi connectivity index (χ3n) is 3.53. The monoisotopic (exact) mass is 350 g/mol. The van der Waals surface area contributed by atoms with Crippen molar-refractivity contribution in [2.45, 2.75) is 19.3 Å². The molecule has 23 heavy (non-hydrogen) atoms. The Balaban J connectivity index is 0.000000172. The Morgan fingerprint density at radius 2 is 1.74 bits per heavy atom. The Kier molecular flexibility index (Phi) is 5.80. The highest BCUT2D eigenvalue weighted by atomic mass is 35.5. The lowest BCUT2D eigenvalue weighted by Gasteiger charge is -2.06. The van der Waals surface area contributed by atoms with Crippen molar-refractivity contribution in [3.8, 4) is 0 Å². The highest BCUT2D eigenvalue weighted by molar-refractivity contribution is 7.15. The van der Waals surface area contributed by atoms with Crippen LogP contribution in [-0.4, -0.2) is 30.8 Å². The van der Waals surface area contributed by atoms with Crippen molar-refractivity contribution in [1.82, 2.24) is 4.90 Å². The van der Waals surface area contributed by atoms with Gasteiger partial charge in [-0.3, -0.25) is 9.59 Å². The number of amides is 2. The maximum absolute atomic E-state index is 11.4. The summed E-state index contributed by atoms with van der Waals surface area (Å²) in [5.41, 5.74) is 7.99. The number of carbonyl (C=O) groups is 2. The van der Waals surface area contributed by atoms with Crippen molar-refractivity contribution in [3.63, 3.8) is 0 Å². The number of nitrogens with two attached hydrogens (primary N) is 1. The molecule has 0 radical (unpaired) electrons. The zero-order valence-corrected chi connectivity index (χ0v) is 14.7. The molecule has 4 nitrogen and oxygen atoms in total. The van der Waals surface area contributed by atoms with Gasteiger partial charge >= 0.3 is 0 Å². The number of rotatable bonds is 2. The van der Waals surface area contributed by atoms with Gasteiger partial charge in [0, 0.05) is 19.1 Å². The SMILES string of the molecule is CN(C)C(=O)c1ccc(C(N)=O)s1.Clc1ccc2c(c1)CCC2. The molecule has 0 aliphatic heterocycles. The minimum atomic E-state index is -0.497. The molecule has 0 saturated carbocycles. The molecule has 122 valence electrons. The number of primary amides is 1. The van der Waals surface area contributed by atoms with E-state index in [-0.39, 0.29) is 5.91 Å². The molecule has 1 aromatic carbocycles. The van der Waals surface area contributed by atoms with Crippen LogP contribution in [0.2, 0.25) is 5.02 Å². The molecular formula is C17H19ClN2O2S. The molecule has 0 fully saturated rings. The van der Waals surface area contributed by atoms with Crippen LogP contribution in [0.1, 0.15) is 36.9 Å². The summed E-state index contributed by atoms with van der Waals surface area (Å²) < 4.78 is 0. The first-order valence-corrected chi connectivity index (χ1v) is 8.46. The molecule has 6 heteroatoms. The molecule has 1 heterocycles. The van der Waals surface area contributed by atoms with Crippen LogP contribution in [0.4, 0.5) is 0 Å². The Labute approximate surface area is 144 Å². The van der Waals surface area contributed by atoms with Crippen LogP contribution in [0.25, 0.3) is 0 Å². The Morgan fingerprint density at radius 3 is 2.35 bits per heavy atom. The van der Waals surface area contributed by atoms with Crippen LogP contribution >= 0.6 is 22.9 Å². The lowest BCUT2D eigenvalue weighted by atomic mass is 10.1. The molecule has 0 spiro atoms. The van der Waals surface area contributed by atoms with Crippen LogP contribution in [0.15, 0.2) is 30.3 Å². The van der Waals surface area contributed by atoms with E-state index < -0.39 is 5.91 Å². The van der Waals surface area contributed by atoms with E-state index in [0.717, 1.165) is 16.4 Å². The molecule has 1 aromatic heterocycles. The van der Waals surface area contributed by atoms with Crippen molar-refractivity contribution in [1.29, 1.82) is 0 Å². The molecule has 2 amide bonds. The number of benzene rings is 1. The number of carbonyl (C=O) groups excluding carboxylic acids is 2. The zero-order valence-electron chi connectivity index (χ0n) is 13.1. The lowest BCUT2D eigenvalue weighted by Crippen LogP contribution is -2.20. The Morgan fingerprint density at radius 1 is 1.09 bits per heavy atom. The second-order valence-corrected chi connectivity index (χ2v) is 7.01. The van der Waals surface area contributed by atoms with Crippen LogP contribution in [-0.2, 0) is 12.8 Å². The van der Waals surface area contributed by atoms with Crippen molar-refractivity contribution < 1.29 is 9.59 Å². The van der Waals surface area contributed by atoms with Gasteiger partial charge in [-0.1, -0.05) is 17.7 Å². The number of hydrogen-bond acceptors (Lipinski definition) is 3. The van der Waals surface area contributed by atoms with Crippen molar-refractivity contribution in [3.05, 3.63) is 56.2 Å². The van der Waals surface area contributed by atoms with E-state index >= 15 is 0 Å². The van der Waals surface area contributed by atoms with Gasteiger partial charge in [-0.15, -0.1) is 11.3 Å². The summed E-state index contributed by atoms with van der Waals surface area (Å²) >= 11 is 6.94. The predicted molar refractivity (Wildman–Crippen MR) is 94.3 cm³/mol. The molecule has 0 atom stereocenters. The van der Waals surface area contributed by atoms with Gasteiger partial charge in [0.05, 0.1) is 9.75 Å². The Bertz CT molecular complexity index is 725. The van der Waals surface area contributed by atoms with Crippen LogP contribution in [0.5, 0.6) is 0 Å². The number of fused-ring (bicyclic) bond motifs is 1. The van der Waals surface area contributed by atoms with Gasteiger partial charge in [0.2, 0.25) is 0 Å². The number of thiophene rings is 1. The van der Waals surface area contributed by atoms with Crippen LogP contribution in [0.3, 0.4) is 0 Å². The first-order chi connectivity index (χ1) is 10.9. The van der Waals surface area contributed by atoms with Crippen molar-refractivity contribution in [2.75, 3.05) is 14.1 Å². The highest BCUT2D eigenvalue weighted by Gasteiger charge is 2.12. The molecule has 0 bridgehead atoms. The van der Waals surface area contributed by atoms with Gasteiger partial charge in [-0.2, -0.15) is 0 Å². The molecular weight excluding hydrogens is 332 g/mol. The topological polar surface area (TPSA) is 63.4 Å². The fraction of sp³-hybridized carbons (Fsp3) is 0.294. The van der Waals surface area contributed by atoms with Crippen molar-refractivity contribution >= 4 is 34.8 Å².